The summed E-state index contributed by atoms with van der Waals surface area (Å²) in [6, 6.07) is -0.744. The van der Waals surface area contributed by atoms with Gasteiger partial charge in [0, 0.05) is 19.3 Å². The summed E-state index contributed by atoms with van der Waals surface area (Å²) in [5.74, 6) is -1.82. The minimum atomic E-state index is -1.14. The fraction of sp³-hybridized carbons (Fsp3) is 0.574. The fourth-order valence-electron chi connectivity index (χ4n) is 6.07. The SMILES string of the molecule is CC/C=C/C/C=C/C/C=C/C/C=C/C/C=C/CCCCCCC(=O)OCC(COCCC(C(=O)[O-])[N+](C)(C)C)OC(=O)CCCCCCC/C=C/C=C/C=C/C=C/C=C/CCC. The number of allylic oxidation sites excluding steroid dienone is 20. The third kappa shape index (κ3) is 41.1. The average molecular weight is 860 g/mol. The topological polar surface area (TPSA) is 102 Å². The van der Waals surface area contributed by atoms with Gasteiger partial charge in [0.05, 0.1) is 40.3 Å². The van der Waals surface area contributed by atoms with E-state index in [-0.39, 0.29) is 49.1 Å². The maximum atomic E-state index is 12.8. The smallest absolute Gasteiger partial charge is 0.306 e. The molecule has 0 N–H and O–H groups in total. The molecule has 0 radical (unpaired) electrons. The average Bonchev–Trinajstić information content (AvgIpc) is 3.23. The van der Waals surface area contributed by atoms with Gasteiger partial charge < -0.3 is 28.6 Å². The van der Waals surface area contributed by atoms with Crippen LogP contribution in [0.4, 0.5) is 0 Å². The third-order valence-electron chi connectivity index (χ3n) is 9.69. The maximum Gasteiger partial charge on any atom is 0.306 e. The number of hydrogen-bond donors (Lipinski definition) is 0. The maximum absolute atomic E-state index is 12.8. The lowest BCUT2D eigenvalue weighted by Gasteiger charge is -2.34. The van der Waals surface area contributed by atoms with E-state index in [1.807, 2.05) is 36.5 Å². The van der Waals surface area contributed by atoms with Gasteiger partial charge in [0.25, 0.3) is 0 Å². The Kier molecular flexibility index (Phi) is 40.4. The number of hydrogen-bond acceptors (Lipinski definition) is 7. The normalized spacial score (nSPS) is 14.0. The summed E-state index contributed by atoms with van der Waals surface area (Å²) >= 11 is 0. The predicted molar refractivity (Wildman–Crippen MR) is 258 cm³/mol. The largest absolute Gasteiger partial charge is 0.544 e. The number of ether oxygens (including phenoxy) is 3. The molecule has 0 aliphatic carbocycles. The van der Waals surface area contributed by atoms with E-state index in [1.54, 1.807) is 21.1 Å². The van der Waals surface area contributed by atoms with Gasteiger partial charge in [-0.05, 0) is 77.0 Å². The van der Waals surface area contributed by atoms with Crippen molar-refractivity contribution in [2.75, 3.05) is 41.0 Å². The first kappa shape index (κ1) is 57.7. The van der Waals surface area contributed by atoms with Gasteiger partial charge in [-0.25, -0.2) is 0 Å². The second-order valence-corrected chi connectivity index (χ2v) is 16.4. The zero-order valence-corrected chi connectivity index (χ0v) is 39.5. The number of carboxylic acid groups (broad SMARTS) is 1. The zero-order valence-electron chi connectivity index (χ0n) is 39.5. The highest BCUT2D eigenvalue weighted by molar-refractivity contribution is 5.70. The van der Waals surface area contributed by atoms with E-state index in [1.165, 1.54) is 6.42 Å². The number of carbonyl (C=O) groups excluding carboxylic acids is 3. The minimum Gasteiger partial charge on any atom is -0.544 e. The van der Waals surface area contributed by atoms with E-state index < -0.39 is 18.1 Å². The van der Waals surface area contributed by atoms with Crippen LogP contribution >= 0.6 is 0 Å². The molecule has 0 amide bonds. The first-order chi connectivity index (χ1) is 30.1. The Morgan fingerprint density at radius 3 is 1.48 bits per heavy atom. The van der Waals surface area contributed by atoms with Crippen molar-refractivity contribution in [1.82, 2.24) is 0 Å². The molecule has 348 valence electrons. The molecule has 0 heterocycles. The standard InChI is InChI=1S/C54H85NO7/c1-6-8-10-12-14-16-18-20-22-24-26-27-29-30-32-34-36-38-40-42-44-52(56)61-49-50(48-60-47-46-51(54(58)59)55(3,4)5)62-53(57)45-43-41-39-37-35-33-31-28-25-23-21-19-17-15-13-11-9-7-2/h8,10-11,13-17,19-23,25-28,30-32,50-51H,6-7,9,12,18,24,29,33-49H2,1-5H3/b10-8+,13-11+,16-14+,17-15+,21-19+,22-20+,25-23+,27-26+,31-28+,32-30+. The van der Waals surface area contributed by atoms with Crippen LogP contribution in [0.15, 0.2) is 122 Å². The number of quaternary nitrogens is 1. The van der Waals surface area contributed by atoms with Crippen molar-refractivity contribution < 1.29 is 38.2 Å². The van der Waals surface area contributed by atoms with Crippen LogP contribution in [0.2, 0.25) is 0 Å². The molecule has 0 aromatic heterocycles. The van der Waals surface area contributed by atoms with E-state index in [4.69, 9.17) is 14.2 Å². The second kappa shape index (κ2) is 43.4. The summed E-state index contributed by atoms with van der Waals surface area (Å²) in [6.07, 6.45) is 60.7. The third-order valence-corrected chi connectivity index (χ3v) is 9.69. The Balaban J connectivity index is 4.45. The van der Waals surface area contributed by atoms with Crippen LogP contribution in [0.1, 0.15) is 149 Å². The first-order valence-corrected chi connectivity index (χ1v) is 23.6. The van der Waals surface area contributed by atoms with Crippen LogP contribution in [0.25, 0.3) is 0 Å². The molecule has 0 aliphatic heterocycles. The van der Waals surface area contributed by atoms with Crippen molar-refractivity contribution in [3.05, 3.63) is 122 Å². The van der Waals surface area contributed by atoms with E-state index in [0.717, 1.165) is 109 Å². The fourth-order valence-corrected chi connectivity index (χ4v) is 6.07. The lowest BCUT2D eigenvalue weighted by Crippen LogP contribution is -2.55. The Labute approximate surface area is 378 Å². The summed E-state index contributed by atoms with van der Waals surface area (Å²) in [7, 11) is 5.38. The number of nitrogens with zero attached hydrogens (tertiary/aromatic N) is 1. The van der Waals surface area contributed by atoms with Crippen LogP contribution in [0.3, 0.4) is 0 Å². The molecule has 0 rings (SSSR count). The van der Waals surface area contributed by atoms with Crippen LogP contribution < -0.4 is 5.11 Å². The molecule has 0 aromatic carbocycles. The number of unbranched alkanes of at least 4 members (excludes halogenated alkanes) is 10. The van der Waals surface area contributed by atoms with Crippen LogP contribution in [-0.2, 0) is 28.6 Å². The molecule has 0 fully saturated rings. The van der Waals surface area contributed by atoms with Crippen molar-refractivity contribution in [2.45, 2.75) is 161 Å². The summed E-state index contributed by atoms with van der Waals surface area (Å²) in [5, 5.41) is 11.6. The van der Waals surface area contributed by atoms with Crippen molar-refractivity contribution in [3.8, 4) is 0 Å². The number of likely N-dealkylation sites (N-methyl/N-ethyl adjacent to an activating group) is 1. The molecular weight excluding hydrogens is 775 g/mol. The molecule has 62 heavy (non-hydrogen) atoms. The van der Waals surface area contributed by atoms with Crippen LogP contribution in [0.5, 0.6) is 0 Å². The molecule has 0 spiro atoms. The van der Waals surface area contributed by atoms with Gasteiger partial charge in [-0.2, -0.15) is 0 Å². The number of esters is 2. The van der Waals surface area contributed by atoms with Gasteiger partial charge in [0.15, 0.2) is 6.10 Å². The highest BCUT2D eigenvalue weighted by Crippen LogP contribution is 2.12. The molecule has 8 nitrogen and oxygen atoms in total. The number of carbonyl (C=O) groups is 3. The Morgan fingerprint density at radius 1 is 0.516 bits per heavy atom. The number of carboxylic acids is 1. The monoisotopic (exact) mass is 860 g/mol. The highest BCUT2D eigenvalue weighted by Gasteiger charge is 2.25. The summed E-state index contributed by atoms with van der Waals surface area (Å²) < 4.78 is 17.1. The number of aliphatic carboxylic acids is 1. The van der Waals surface area contributed by atoms with Crippen molar-refractivity contribution in [3.63, 3.8) is 0 Å². The minimum absolute atomic E-state index is 0.0124. The quantitative estimate of drug-likeness (QED) is 0.0199. The van der Waals surface area contributed by atoms with Gasteiger partial charge in [0.2, 0.25) is 0 Å². The number of rotatable bonds is 40. The predicted octanol–water partition coefficient (Wildman–Crippen LogP) is 12.1. The second-order valence-electron chi connectivity index (χ2n) is 16.4. The molecule has 0 bridgehead atoms. The molecule has 8 heteroatoms. The molecule has 0 saturated heterocycles. The van der Waals surface area contributed by atoms with Gasteiger partial charge in [0.1, 0.15) is 12.6 Å². The first-order valence-electron chi connectivity index (χ1n) is 23.6. The Hall–Kier alpha value is -4.27. The zero-order chi connectivity index (χ0) is 45.6. The molecular formula is C54H85NO7. The molecule has 0 saturated carbocycles. The lowest BCUT2D eigenvalue weighted by molar-refractivity contribution is -0.889. The van der Waals surface area contributed by atoms with E-state index in [9.17, 15) is 19.5 Å². The van der Waals surface area contributed by atoms with Crippen molar-refractivity contribution in [1.29, 1.82) is 0 Å². The molecule has 2 unspecified atom stereocenters. The van der Waals surface area contributed by atoms with Crippen molar-refractivity contribution in [2.24, 2.45) is 0 Å². The van der Waals surface area contributed by atoms with Crippen LogP contribution in [-0.4, -0.2) is 75.5 Å². The Morgan fingerprint density at radius 2 is 0.968 bits per heavy atom. The highest BCUT2D eigenvalue weighted by atomic mass is 16.6. The Bertz CT molecular complexity index is 1420. The lowest BCUT2D eigenvalue weighted by atomic mass is 10.1. The van der Waals surface area contributed by atoms with Crippen molar-refractivity contribution >= 4 is 17.9 Å². The van der Waals surface area contributed by atoms with Gasteiger partial charge in [-0.1, -0.05) is 174 Å². The summed E-state index contributed by atoms with van der Waals surface area (Å²) in [6.45, 7) is 4.38. The van der Waals surface area contributed by atoms with E-state index >= 15 is 0 Å². The van der Waals surface area contributed by atoms with E-state index in [0.29, 0.717) is 6.42 Å². The molecule has 0 aliphatic rings. The molecule has 0 aromatic rings. The van der Waals surface area contributed by atoms with Crippen LogP contribution in [0, 0.1) is 0 Å². The summed E-state index contributed by atoms with van der Waals surface area (Å²) in [5.41, 5.74) is 0. The van der Waals surface area contributed by atoms with E-state index in [2.05, 4.69) is 98.9 Å². The summed E-state index contributed by atoms with van der Waals surface area (Å²) in [4.78, 5) is 37.0. The van der Waals surface area contributed by atoms with Gasteiger partial charge in [-0.15, -0.1) is 0 Å². The molecule has 2 atom stereocenters. The van der Waals surface area contributed by atoms with Gasteiger partial charge in [-0.3, -0.25) is 9.59 Å². The van der Waals surface area contributed by atoms with Gasteiger partial charge >= 0.3 is 11.9 Å².